The summed E-state index contributed by atoms with van der Waals surface area (Å²) in [6, 6.07) is 13.6. The number of likely N-dealkylation sites (tertiary alicyclic amines) is 1. The Morgan fingerprint density at radius 3 is 2.14 bits per heavy atom. The molecule has 7 heteroatoms. The van der Waals surface area contributed by atoms with Crippen molar-refractivity contribution >= 4 is 34.4 Å². The maximum atomic E-state index is 13.8. The van der Waals surface area contributed by atoms with Gasteiger partial charge in [0.25, 0.3) is 5.91 Å². The molecule has 1 fully saturated rings. The Kier molecular flexibility index (Phi) is 11.6. The number of hydrogen-bond donors (Lipinski definition) is 1. The molecule has 1 aromatic heterocycles. The monoisotopic (exact) mass is 573 g/mol. The number of rotatable bonds is 15. The van der Waals surface area contributed by atoms with Crippen molar-refractivity contribution in [1.82, 2.24) is 19.4 Å². The van der Waals surface area contributed by atoms with Gasteiger partial charge in [0.05, 0.1) is 11.0 Å². The van der Waals surface area contributed by atoms with Gasteiger partial charge in [-0.05, 0) is 106 Å². The maximum absolute atomic E-state index is 13.8. The standard InChI is InChI=1S/C35H51N5O2/c1-6-33(41)28-11-14-30(15-12-28)36-35-37-31-16-13-29(34(42)39(23-17-26(2)3)24-18-27(4)5)25-32(31)40(35)22-10-21-38-19-8-7-9-20-38/h11-16,25-27H,6-10,17-24H2,1-5H3,(H,36,37). The molecule has 0 aliphatic carbocycles. The minimum atomic E-state index is 0.102. The van der Waals surface area contributed by atoms with E-state index in [4.69, 9.17) is 4.98 Å². The molecule has 7 nitrogen and oxygen atoms in total. The number of Topliss-reactive ketones (excluding diaryl/α,β-unsaturated/α-hetero) is 1. The van der Waals surface area contributed by atoms with Crippen LogP contribution in [0.4, 0.5) is 11.6 Å². The second kappa shape index (κ2) is 15.3. The van der Waals surface area contributed by atoms with Gasteiger partial charge in [-0.2, -0.15) is 0 Å². The van der Waals surface area contributed by atoms with Crippen molar-refractivity contribution in [3.05, 3.63) is 53.6 Å². The molecule has 3 aromatic rings. The first-order chi connectivity index (χ1) is 20.2. The number of carbonyl (C=O) groups excluding carboxylic acids is 2. The molecule has 0 spiro atoms. The van der Waals surface area contributed by atoms with Crippen LogP contribution in [-0.4, -0.2) is 63.8 Å². The van der Waals surface area contributed by atoms with Crippen LogP contribution in [-0.2, 0) is 6.54 Å². The average Bonchev–Trinajstić information content (AvgIpc) is 3.33. The summed E-state index contributed by atoms with van der Waals surface area (Å²) in [6.45, 7) is 16.5. The van der Waals surface area contributed by atoms with E-state index in [-0.39, 0.29) is 11.7 Å². The molecule has 0 radical (unpaired) electrons. The van der Waals surface area contributed by atoms with E-state index in [2.05, 4.69) is 42.5 Å². The number of piperidine rings is 1. The zero-order chi connectivity index (χ0) is 30.1. The number of aromatic nitrogens is 2. The van der Waals surface area contributed by atoms with Gasteiger partial charge in [-0.3, -0.25) is 9.59 Å². The first-order valence-electron chi connectivity index (χ1n) is 16.2. The number of benzene rings is 2. The highest BCUT2D eigenvalue weighted by molar-refractivity contribution is 5.98. The molecule has 0 unspecified atom stereocenters. The number of amides is 1. The predicted octanol–water partition coefficient (Wildman–Crippen LogP) is 7.78. The number of nitrogens with one attached hydrogen (secondary N) is 1. The molecular formula is C35H51N5O2. The number of ketones is 1. The van der Waals surface area contributed by atoms with E-state index in [9.17, 15) is 9.59 Å². The number of nitrogens with zero attached hydrogens (tertiary/aromatic N) is 4. The normalized spacial score (nSPS) is 14.2. The number of carbonyl (C=O) groups is 2. The molecule has 1 saturated heterocycles. The molecular weight excluding hydrogens is 522 g/mol. The quantitative estimate of drug-likeness (QED) is 0.188. The molecule has 1 amide bonds. The van der Waals surface area contributed by atoms with Gasteiger partial charge in [-0.25, -0.2) is 4.98 Å². The molecule has 228 valence electrons. The smallest absolute Gasteiger partial charge is 0.253 e. The third-order valence-electron chi connectivity index (χ3n) is 8.32. The topological polar surface area (TPSA) is 70.5 Å². The highest BCUT2D eigenvalue weighted by Crippen LogP contribution is 2.26. The van der Waals surface area contributed by atoms with Crippen LogP contribution in [0.5, 0.6) is 0 Å². The molecule has 0 bridgehead atoms. The summed E-state index contributed by atoms with van der Waals surface area (Å²) in [5.74, 6) is 2.10. The van der Waals surface area contributed by atoms with Gasteiger partial charge >= 0.3 is 0 Å². The van der Waals surface area contributed by atoms with Crippen molar-refractivity contribution in [3.63, 3.8) is 0 Å². The summed E-state index contributed by atoms with van der Waals surface area (Å²) in [6.07, 6.45) is 7.40. The average molecular weight is 574 g/mol. The van der Waals surface area contributed by atoms with E-state index < -0.39 is 0 Å². The van der Waals surface area contributed by atoms with E-state index in [1.165, 1.54) is 32.4 Å². The summed E-state index contributed by atoms with van der Waals surface area (Å²) in [5, 5.41) is 3.50. The summed E-state index contributed by atoms with van der Waals surface area (Å²) in [7, 11) is 0. The Bertz CT molecular complexity index is 1290. The largest absolute Gasteiger partial charge is 0.339 e. The molecule has 4 rings (SSSR count). The van der Waals surface area contributed by atoms with Crippen LogP contribution >= 0.6 is 0 Å². The fourth-order valence-electron chi connectivity index (χ4n) is 5.61. The lowest BCUT2D eigenvalue weighted by atomic mass is 10.1. The van der Waals surface area contributed by atoms with Crippen molar-refractivity contribution in [2.75, 3.05) is 38.0 Å². The van der Waals surface area contributed by atoms with Crippen LogP contribution in [0.3, 0.4) is 0 Å². The lowest BCUT2D eigenvalue weighted by Crippen LogP contribution is -2.34. The predicted molar refractivity (Wildman–Crippen MR) is 174 cm³/mol. The molecule has 2 aromatic carbocycles. The highest BCUT2D eigenvalue weighted by atomic mass is 16.2. The van der Waals surface area contributed by atoms with Crippen LogP contribution in [0.2, 0.25) is 0 Å². The van der Waals surface area contributed by atoms with Gasteiger partial charge in [-0.15, -0.1) is 0 Å². The molecule has 1 aliphatic rings. The summed E-state index contributed by atoms with van der Waals surface area (Å²) in [4.78, 5) is 35.5. The summed E-state index contributed by atoms with van der Waals surface area (Å²) >= 11 is 0. The fourth-order valence-corrected chi connectivity index (χ4v) is 5.61. The lowest BCUT2D eigenvalue weighted by Gasteiger charge is -2.26. The second-order valence-corrected chi connectivity index (χ2v) is 12.7. The third-order valence-corrected chi connectivity index (χ3v) is 8.32. The van der Waals surface area contributed by atoms with Crippen molar-refractivity contribution < 1.29 is 9.59 Å². The van der Waals surface area contributed by atoms with Crippen molar-refractivity contribution in [3.8, 4) is 0 Å². The molecule has 1 N–H and O–H groups in total. The number of aryl methyl sites for hydroxylation is 1. The fraction of sp³-hybridized carbons (Fsp3) is 0.571. The van der Waals surface area contributed by atoms with Gasteiger partial charge in [-0.1, -0.05) is 41.0 Å². The van der Waals surface area contributed by atoms with Gasteiger partial charge < -0.3 is 19.7 Å². The third kappa shape index (κ3) is 8.66. The maximum Gasteiger partial charge on any atom is 0.253 e. The zero-order valence-corrected chi connectivity index (χ0v) is 26.5. The first-order valence-corrected chi connectivity index (χ1v) is 16.2. The van der Waals surface area contributed by atoms with E-state index in [0.717, 1.165) is 79.2 Å². The van der Waals surface area contributed by atoms with E-state index in [1.54, 1.807) is 0 Å². The van der Waals surface area contributed by atoms with E-state index >= 15 is 0 Å². The number of hydrogen-bond acceptors (Lipinski definition) is 5. The molecule has 0 saturated carbocycles. The number of fused-ring (bicyclic) bond motifs is 1. The van der Waals surface area contributed by atoms with Gasteiger partial charge in [0.15, 0.2) is 5.78 Å². The van der Waals surface area contributed by atoms with Crippen molar-refractivity contribution in [2.45, 2.75) is 86.1 Å². The first kappa shape index (κ1) is 31.7. The Morgan fingerprint density at radius 1 is 0.881 bits per heavy atom. The molecule has 2 heterocycles. The Balaban J connectivity index is 1.61. The van der Waals surface area contributed by atoms with Gasteiger partial charge in [0.1, 0.15) is 0 Å². The van der Waals surface area contributed by atoms with Crippen LogP contribution in [0.1, 0.15) is 100 Å². The van der Waals surface area contributed by atoms with Crippen LogP contribution in [0.25, 0.3) is 11.0 Å². The molecule has 42 heavy (non-hydrogen) atoms. The molecule has 1 aliphatic heterocycles. The van der Waals surface area contributed by atoms with Gasteiger partial charge in [0.2, 0.25) is 5.95 Å². The van der Waals surface area contributed by atoms with Crippen LogP contribution in [0, 0.1) is 11.8 Å². The molecule has 0 atom stereocenters. The number of anilines is 2. The lowest BCUT2D eigenvalue weighted by molar-refractivity contribution is 0.0740. The highest BCUT2D eigenvalue weighted by Gasteiger charge is 2.20. The summed E-state index contributed by atoms with van der Waals surface area (Å²) in [5.41, 5.74) is 4.19. The van der Waals surface area contributed by atoms with Crippen molar-refractivity contribution in [1.29, 1.82) is 0 Å². The number of imidazole rings is 1. The summed E-state index contributed by atoms with van der Waals surface area (Å²) < 4.78 is 2.23. The van der Waals surface area contributed by atoms with E-state index in [0.29, 0.717) is 18.3 Å². The Labute approximate surface area is 252 Å². The second-order valence-electron chi connectivity index (χ2n) is 12.7. The van der Waals surface area contributed by atoms with Crippen molar-refractivity contribution in [2.24, 2.45) is 11.8 Å². The zero-order valence-electron chi connectivity index (χ0n) is 26.5. The minimum absolute atomic E-state index is 0.102. The minimum Gasteiger partial charge on any atom is -0.339 e. The SMILES string of the molecule is CCC(=O)c1ccc(Nc2nc3ccc(C(=O)N(CCC(C)C)CCC(C)C)cc3n2CCCN2CCCCC2)cc1. The van der Waals surface area contributed by atoms with E-state index in [1.807, 2.05) is 54.3 Å². The van der Waals surface area contributed by atoms with Crippen LogP contribution < -0.4 is 5.32 Å². The van der Waals surface area contributed by atoms with Crippen LogP contribution in [0.15, 0.2) is 42.5 Å². The van der Waals surface area contributed by atoms with Gasteiger partial charge in [0, 0.05) is 42.9 Å². The Hall–Kier alpha value is -3.19. The Morgan fingerprint density at radius 2 is 1.52 bits per heavy atom.